The fourth-order valence-corrected chi connectivity index (χ4v) is 1.27. The van der Waals surface area contributed by atoms with Gasteiger partial charge in [-0.15, -0.1) is 0 Å². The number of thiocarbonyl (C=S) groups is 1. The minimum atomic E-state index is 0.0587. The average Bonchev–Trinajstić information content (AvgIpc) is 2.15. The summed E-state index contributed by atoms with van der Waals surface area (Å²) in [5.41, 5.74) is 2.09. The third-order valence-electron chi connectivity index (χ3n) is 1.73. The van der Waals surface area contributed by atoms with Crippen LogP contribution >= 0.6 is 12.2 Å². The molecule has 0 saturated heterocycles. The van der Waals surface area contributed by atoms with Gasteiger partial charge in [0.15, 0.2) is 5.11 Å². The first-order valence-corrected chi connectivity index (χ1v) is 4.97. The normalized spacial score (nSPS) is 9.40. The van der Waals surface area contributed by atoms with Crippen LogP contribution in [-0.2, 0) is 0 Å². The van der Waals surface area contributed by atoms with Crippen LogP contribution in [0.25, 0.3) is 0 Å². The Morgan fingerprint density at radius 3 is 2.87 bits per heavy atom. The van der Waals surface area contributed by atoms with Gasteiger partial charge in [0.05, 0.1) is 6.54 Å². The summed E-state index contributed by atoms with van der Waals surface area (Å²) in [6, 6.07) is 7.87. The highest BCUT2D eigenvalue weighted by atomic mass is 32.1. The van der Waals surface area contributed by atoms with Crippen molar-refractivity contribution in [3.63, 3.8) is 0 Å². The van der Waals surface area contributed by atoms with Gasteiger partial charge in [0.1, 0.15) is 5.76 Å². The number of hydrogen-bond acceptors (Lipinski definition) is 2. The molecule has 0 aliphatic rings. The number of aryl methyl sites for hydroxylation is 1. The Balaban J connectivity index is 2.48. The molecule has 0 aliphatic carbocycles. The van der Waals surface area contributed by atoms with Gasteiger partial charge in [0, 0.05) is 5.69 Å². The molecule has 0 aliphatic heterocycles. The standard InChI is InChI=1S/C11H14N2OS/c1-8-4-3-5-10(6-8)13-11(15)12-7-9(2)14/h3-6,14H,2,7H2,1H3,(H2,12,13,15). The third kappa shape index (κ3) is 4.46. The van der Waals surface area contributed by atoms with E-state index in [4.69, 9.17) is 17.3 Å². The second kappa shape index (κ2) is 5.36. The van der Waals surface area contributed by atoms with Gasteiger partial charge in [-0.3, -0.25) is 0 Å². The molecule has 1 rings (SSSR count). The van der Waals surface area contributed by atoms with Crippen LogP contribution in [0, 0.1) is 6.92 Å². The molecular formula is C11H14N2OS. The van der Waals surface area contributed by atoms with E-state index >= 15 is 0 Å². The number of aliphatic hydroxyl groups excluding tert-OH is 1. The van der Waals surface area contributed by atoms with Crippen molar-refractivity contribution in [3.05, 3.63) is 42.2 Å². The maximum atomic E-state index is 8.87. The molecule has 0 fully saturated rings. The van der Waals surface area contributed by atoms with Crippen molar-refractivity contribution in [1.29, 1.82) is 0 Å². The third-order valence-corrected chi connectivity index (χ3v) is 1.98. The van der Waals surface area contributed by atoms with Crippen LogP contribution in [0.1, 0.15) is 5.56 Å². The molecule has 15 heavy (non-hydrogen) atoms. The lowest BCUT2D eigenvalue weighted by Gasteiger charge is -2.10. The van der Waals surface area contributed by atoms with Gasteiger partial charge < -0.3 is 15.7 Å². The number of aliphatic hydroxyl groups is 1. The Bertz CT molecular complexity index is 377. The molecule has 0 bridgehead atoms. The van der Waals surface area contributed by atoms with Crippen molar-refractivity contribution in [2.45, 2.75) is 6.92 Å². The average molecular weight is 222 g/mol. The lowest BCUT2D eigenvalue weighted by Crippen LogP contribution is -2.29. The van der Waals surface area contributed by atoms with E-state index in [2.05, 4.69) is 17.2 Å². The van der Waals surface area contributed by atoms with Crippen molar-refractivity contribution in [3.8, 4) is 0 Å². The van der Waals surface area contributed by atoms with E-state index in [1.54, 1.807) is 0 Å². The summed E-state index contributed by atoms with van der Waals surface area (Å²) in [7, 11) is 0. The van der Waals surface area contributed by atoms with Gasteiger partial charge in [-0.2, -0.15) is 0 Å². The van der Waals surface area contributed by atoms with Crippen LogP contribution in [0.2, 0.25) is 0 Å². The lowest BCUT2D eigenvalue weighted by atomic mass is 10.2. The van der Waals surface area contributed by atoms with Gasteiger partial charge >= 0.3 is 0 Å². The Kier molecular flexibility index (Phi) is 4.12. The Hall–Kier alpha value is -1.55. The molecule has 0 unspecified atom stereocenters. The molecule has 3 nitrogen and oxygen atoms in total. The molecular weight excluding hydrogens is 208 g/mol. The van der Waals surface area contributed by atoms with Gasteiger partial charge in [-0.05, 0) is 36.8 Å². The van der Waals surface area contributed by atoms with Gasteiger partial charge in [-0.1, -0.05) is 18.7 Å². The van der Waals surface area contributed by atoms with E-state index in [9.17, 15) is 0 Å². The highest BCUT2D eigenvalue weighted by Crippen LogP contribution is 2.08. The van der Waals surface area contributed by atoms with E-state index in [1.807, 2.05) is 31.2 Å². The highest BCUT2D eigenvalue weighted by molar-refractivity contribution is 7.80. The fraction of sp³-hybridized carbons (Fsp3) is 0.182. The second-order valence-electron chi connectivity index (χ2n) is 3.24. The molecule has 1 aromatic rings. The zero-order valence-electron chi connectivity index (χ0n) is 8.58. The predicted molar refractivity (Wildman–Crippen MR) is 67.2 cm³/mol. The quantitative estimate of drug-likeness (QED) is 0.542. The lowest BCUT2D eigenvalue weighted by molar-refractivity contribution is 0.401. The van der Waals surface area contributed by atoms with Crippen molar-refractivity contribution < 1.29 is 5.11 Å². The molecule has 3 N–H and O–H groups in total. The first-order chi connectivity index (χ1) is 7.08. The topological polar surface area (TPSA) is 44.3 Å². The van der Waals surface area contributed by atoms with Crippen LogP contribution in [0.5, 0.6) is 0 Å². The Morgan fingerprint density at radius 2 is 2.27 bits per heavy atom. The summed E-state index contributed by atoms with van der Waals surface area (Å²) >= 11 is 5.02. The van der Waals surface area contributed by atoms with Crippen LogP contribution in [0.4, 0.5) is 5.69 Å². The molecule has 0 saturated carbocycles. The summed E-state index contributed by atoms with van der Waals surface area (Å²) in [6.07, 6.45) is 0. The number of nitrogens with one attached hydrogen (secondary N) is 2. The predicted octanol–water partition coefficient (Wildman–Crippen LogP) is 2.35. The van der Waals surface area contributed by atoms with E-state index in [0.29, 0.717) is 5.11 Å². The van der Waals surface area contributed by atoms with Crippen molar-refractivity contribution >= 4 is 23.0 Å². The van der Waals surface area contributed by atoms with Crippen LogP contribution in [0.15, 0.2) is 36.6 Å². The fourth-order valence-electron chi connectivity index (χ4n) is 1.08. The number of anilines is 1. The van der Waals surface area contributed by atoms with E-state index in [1.165, 1.54) is 0 Å². The molecule has 0 spiro atoms. The Morgan fingerprint density at radius 1 is 1.53 bits per heavy atom. The number of hydrogen-bond donors (Lipinski definition) is 3. The second-order valence-corrected chi connectivity index (χ2v) is 3.65. The largest absolute Gasteiger partial charge is 0.511 e. The highest BCUT2D eigenvalue weighted by Gasteiger charge is 1.97. The number of rotatable bonds is 3. The molecule has 1 aromatic carbocycles. The minimum Gasteiger partial charge on any atom is -0.511 e. The first kappa shape index (κ1) is 11.5. The number of benzene rings is 1. The summed E-state index contributed by atoms with van der Waals surface area (Å²) < 4.78 is 0. The molecule has 0 aromatic heterocycles. The zero-order chi connectivity index (χ0) is 11.3. The molecule has 0 heterocycles. The molecule has 0 radical (unpaired) electrons. The SMILES string of the molecule is C=C(O)CNC(=S)Nc1cccc(C)c1. The van der Waals surface area contributed by atoms with Crippen molar-refractivity contribution in [2.75, 3.05) is 11.9 Å². The molecule has 0 amide bonds. The maximum Gasteiger partial charge on any atom is 0.171 e. The van der Waals surface area contributed by atoms with Gasteiger partial charge in [0.2, 0.25) is 0 Å². The van der Waals surface area contributed by atoms with Crippen LogP contribution in [0.3, 0.4) is 0 Å². The van der Waals surface area contributed by atoms with Crippen LogP contribution < -0.4 is 10.6 Å². The van der Waals surface area contributed by atoms with Crippen LogP contribution in [-0.4, -0.2) is 16.8 Å². The summed E-state index contributed by atoms with van der Waals surface area (Å²) in [4.78, 5) is 0. The van der Waals surface area contributed by atoms with Gasteiger partial charge in [-0.25, -0.2) is 0 Å². The van der Waals surface area contributed by atoms with E-state index in [-0.39, 0.29) is 12.3 Å². The summed E-state index contributed by atoms with van der Waals surface area (Å²) in [5, 5.41) is 15.2. The molecule has 0 atom stereocenters. The summed E-state index contributed by atoms with van der Waals surface area (Å²) in [5.74, 6) is 0.0587. The maximum absolute atomic E-state index is 8.87. The summed E-state index contributed by atoms with van der Waals surface area (Å²) in [6.45, 7) is 5.63. The van der Waals surface area contributed by atoms with Crippen molar-refractivity contribution in [2.24, 2.45) is 0 Å². The molecule has 4 heteroatoms. The van der Waals surface area contributed by atoms with E-state index in [0.717, 1.165) is 11.3 Å². The minimum absolute atomic E-state index is 0.0587. The molecule has 80 valence electrons. The smallest absolute Gasteiger partial charge is 0.171 e. The monoisotopic (exact) mass is 222 g/mol. The Labute approximate surface area is 94.8 Å². The van der Waals surface area contributed by atoms with Crippen molar-refractivity contribution in [1.82, 2.24) is 5.32 Å². The van der Waals surface area contributed by atoms with Gasteiger partial charge in [0.25, 0.3) is 0 Å². The zero-order valence-corrected chi connectivity index (χ0v) is 9.40. The first-order valence-electron chi connectivity index (χ1n) is 4.56. The van der Waals surface area contributed by atoms with E-state index < -0.39 is 0 Å².